The fourth-order valence-corrected chi connectivity index (χ4v) is 3.84. The Morgan fingerprint density at radius 2 is 1.91 bits per heavy atom. The number of ether oxygens (including phenoxy) is 1. The molecule has 4 nitrogen and oxygen atoms in total. The highest BCUT2D eigenvalue weighted by atomic mass is 79.9. The maximum absolute atomic E-state index is 14.1. The van der Waals surface area contributed by atoms with Gasteiger partial charge in [-0.3, -0.25) is 0 Å². The number of aromatic carboxylic acids is 1. The molecule has 0 atom stereocenters. The molecule has 0 fully saturated rings. The number of allylic oxidation sites excluding steroid dienone is 2. The molecule has 0 radical (unpaired) electrons. The van der Waals surface area contributed by atoms with Crippen molar-refractivity contribution in [2.24, 2.45) is 0 Å². The number of nitrogens with zero attached hydrogens (tertiary/aromatic N) is 1. The molecule has 0 saturated carbocycles. The molecule has 0 spiro atoms. The summed E-state index contributed by atoms with van der Waals surface area (Å²) in [7, 11) is 0. The number of benzene rings is 3. The Balaban J connectivity index is 2.07. The molecule has 0 unspecified atom stereocenters. The van der Waals surface area contributed by atoms with E-state index < -0.39 is 17.6 Å². The molecule has 0 amide bonds. The SMILES string of the molecule is C=C(C)N(/C(=C\CC)c1cc(Br)ccc1OCc1ccc(F)cc1F)c1cccc(C(=O)O)c1. The number of carboxylic acids is 1. The lowest BCUT2D eigenvalue weighted by Gasteiger charge is -2.29. The van der Waals surface area contributed by atoms with E-state index in [1.165, 1.54) is 18.2 Å². The second kappa shape index (κ2) is 11.1. The molecule has 3 aromatic rings. The Morgan fingerprint density at radius 3 is 2.56 bits per heavy atom. The molecule has 3 rings (SSSR count). The van der Waals surface area contributed by atoms with Crippen LogP contribution in [0.1, 0.15) is 41.8 Å². The van der Waals surface area contributed by atoms with Crippen LogP contribution in [0.5, 0.6) is 5.75 Å². The molecule has 0 aliphatic heterocycles. The Morgan fingerprint density at radius 1 is 1.15 bits per heavy atom. The van der Waals surface area contributed by atoms with E-state index in [0.29, 0.717) is 29.1 Å². The van der Waals surface area contributed by atoms with Crippen molar-refractivity contribution in [3.63, 3.8) is 0 Å². The summed E-state index contributed by atoms with van der Waals surface area (Å²) in [5.74, 6) is -1.89. The number of rotatable bonds is 9. The van der Waals surface area contributed by atoms with E-state index in [4.69, 9.17) is 4.74 Å². The monoisotopic (exact) mass is 527 g/mol. The highest BCUT2D eigenvalue weighted by Gasteiger charge is 2.20. The second-order valence-corrected chi connectivity index (χ2v) is 8.50. The van der Waals surface area contributed by atoms with Crippen LogP contribution in [0.15, 0.2) is 83.5 Å². The van der Waals surface area contributed by atoms with Crippen LogP contribution in [-0.4, -0.2) is 11.1 Å². The zero-order valence-corrected chi connectivity index (χ0v) is 20.4. The van der Waals surface area contributed by atoms with Gasteiger partial charge >= 0.3 is 5.97 Å². The Kier molecular flexibility index (Phi) is 8.23. The van der Waals surface area contributed by atoms with E-state index in [1.54, 1.807) is 30.3 Å². The van der Waals surface area contributed by atoms with Gasteiger partial charge < -0.3 is 14.7 Å². The zero-order valence-electron chi connectivity index (χ0n) is 18.8. The Labute approximate surface area is 205 Å². The summed E-state index contributed by atoms with van der Waals surface area (Å²) in [6.07, 6.45) is 2.66. The predicted octanol–water partition coefficient (Wildman–Crippen LogP) is 7.80. The van der Waals surface area contributed by atoms with Gasteiger partial charge in [0, 0.05) is 33.1 Å². The first-order chi connectivity index (χ1) is 16.2. The number of anilines is 1. The quantitative estimate of drug-likeness (QED) is 0.308. The fourth-order valence-electron chi connectivity index (χ4n) is 3.48. The smallest absolute Gasteiger partial charge is 0.335 e. The first-order valence-corrected chi connectivity index (χ1v) is 11.4. The highest BCUT2D eigenvalue weighted by Crippen LogP contribution is 2.37. The minimum absolute atomic E-state index is 0.0955. The second-order valence-electron chi connectivity index (χ2n) is 7.59. The van der Waals surface area contributed by atoms with Gasteiger partial charge in [-0.25, -0.2) is 13.6 Å². The molecule has 0 aliphatic carbocycles. The lowest BCUT2D eigenvalue weighted by Crippen LogP contribution is -2.20. The van der Waals surface area contributed by atoms with Gasteiger partial charge in [-0.05, 0) is 61.9 Å². The number of carbonyl (C=O) groups is 1. The Hall–Kier alpha value is -3.45. The standard InChI is InChI=1S/C27H24BrF2NO3/c1-4-6-25(31(17(2)3)22-8-5-7-18(13-22)27(32)33)23-14-20(28)10-12-26(23)34-16-19-9-11-21(29)15-24(19)30/h5-15H,2,4,16H2,1,3H3,(H,32,33)/b25-6-. The Bertz CT molecular complexity index is 1260. The van der Waals surface area contributed by atoms with Crippen LogP contribution >= 0.6 is 15.9 Å². The molecule has 1 N–H and O–H groups in total. The van der Waals surface area contributed by atoms with Crippen LogP contribution in [0.4, 0.5) is 14.5 Å². The molecular formula is C27H24BrF2NO3. The number of hydrogen-bond donors (Lipinski definition) is 1. The summed E-state index contributed by atoms with van der Waals surface area (Å²) >= 11 is 3.50. The molecule has 0 saturated heterocycles. The summed E-state index contributed by atoms with van der Waals surface area (Å²) in [5, 5.41) is 9.45. The first kappa shape index (κ1) is 25.2. The molecular weight excluding hydrogens is 504 g/mol. The highest BCUT2D eigenvalue weighted by molar-refractivity contribution is 9.10. The van der Waals surface area contributed by atoms with Crippen LogP contribution in [-0.2, 0) is 6.61 Å². The van der Waals surface area contributed by atoms with Gasteiger partial charge in [0.05, 0.1) is 11.3 Å². The van der Waals surface area contributed by atoms with Crippen molar-refractivity contribution in [3.8, 4) is 5.75 Å². The number of hydrogen-bond acceptors (Lipinski definition) is 3. The molecule has 34 heavy (non-hydrogen) atoms. The topological polar surface area (TPSA) is 49.8 Å². The minimum Gasteiger partial charge on any atom is -0.488 e. The number of carboxylic acid groups (broad SMARTS) is 1. The normalized spacial score (nSPS) is 11.3. The van der Waals surface area contributed by atoms with Crippen molar-refractivity contribution in [1.82, 2.24) is 0 Å². The fraction of sp³-hybridized carbons (Fsp3) is 0.148. The predicted molar refractivity (Wildman–Crippen MR) is 134 cm³/mol. The maximum Gasteiger partial charge on any atom is 0.335 e. The van der Waals surface area contributed by atoms with Crippen LogP contribution in [0.3, 0.4) is 0 Å². The average molecular weight is 528 g/mol. The third-order valence-corrected chi connectivity index (χ3v) is 5.48. The summed E-state index contributed by atoms with van der Waals surface area (Å²) in [4.78, 5) is 13.4. The van der Waals surface area contributed by atoms with Crippen molar-refractivity contribution in [2.75, 3.05) is 4.90 Å². The molecule has 0 heterocycles. The molecule has 7 heteroatoms. The van der Waals surface area contributed by atoms with E-state index in [1.807, 2.05) is 30.9 Å². The van der Waals surface area contributed by atoms with Gasteiger partial charge in [0.1, 0.15) is 24.0 Å². The zero-order chi connectivity index (χ0) is 24.8. The third-order valence-electron chi connectivity index (χ3n) is 4.99. The summed E-state index contributed by atoms with van der Waals surface area (Å²) in [6, 6.07) is 15.4. The van der Waals surface area contributed by atoms with Gasteiger partial charge in [-0.15, -0.1) is 0 Å². The maximum atomic E-state index is 14.1. The van der Waals surface area contributed by atoms with Gasteiger partial charge in [-0.1, -0.05) is 41.6 Å². The third kappa shape index (κ3) is 5.91. The van der Waals surface area contributed by atoms with Gasteiger partial charge in [0.2, 0.25) is 0 Å². The van der Waals surface area contributed by atoms with E-state index in [9.17, 15) is 18.7 Å². The van der Waals surface area contributed by atoms with Crippen LogP contribution in [0.2, 0.25) is 0 Å². The molecule has 0 aliphatic rings. The van der Waals surface area contributed by atoms with Crippen LogP contribution in [0.25, 0.3) is 5.70 Å². The van der Waals surface area contributed by atoms with E-state index >= 15 is 0 Å². The lowest BCUT2D eigenvalue weighted by molar-refractivity contribution is 0.0697. The van der Waals surface area contributed by atoms with Crippen molar-refractivity contribution in [1.29, 1.82) is 0 Å². The molecule has 0 aromatic heterocycles. The van der Waals surface area contributed by atoms with Crippen molar-refractivity contribution >= 4 is 33.3 Å². The van der Waals surface area contributed by atoms with Crippen LogP contribution < -0.4 is 9.64 Å². The number of halogens is 3. The van der Waals surface area contributed by atoms with Crippen LogP contribution in [0, 0.1) is 11.6 Å². The average Bonchev–Trinajstić information content (AvgIpc) is 2.79. The van der Waals surface area contributed by atoms with E-state index in [2.05, 4.69) is 22.5 Å². The molecule has 0 bridgehead atoms. The lowest BCUT2D eigenvalue weighted by atomic mass is 10.1. The van der Waals surface area contributed by atoms with Gasteiger partial charge in [0.15, 0.2) is 0 Å². The van der Waals surface area contributed by atoms with E-state index in [-0.39, 0.29) is 17.7 Å². The largest absolute Gasteiger partial charge is 0.488 e. The summed E-state index contributed by atoms with van der Waals surface area (Å²) in [6.45, 7) is 7.81. The van der Waals surface area contributed by atoms with Crippen molar-refractivity contribution < 1.29 is 23.4 Å². The van der Waals surface area contributed by atoms with Gasteiger partial charge in [-0.2, -0.15) is 0 Å². The summed E-state index contributed by atoms with van der Waals surface area (Å²) in [5.41, 5.74) is 3.09. The van der Waals surface area contributed by atoms with Gasteiger partial charge in [0.25, 0.3) is 0 Å². The van der Waals surface area contributed by atoms with Crippen molar-refractivity contribution in [3.05, 3.63) is 112 Å². The summed E-state index contributed by atoms with van der Waals surface area (Å²) < 4.78 is 34.2. The minimum atomic E-state index is -1.03. The molecule has 176 valence electrons. The van der Waals surface area contributed by atoms with Crippen molar-refractivity contribution in [2.45, 2.75) is 26.9 Å². The first-order valence-electron chi connectivity index (χ1n) is 10.6. The molecule has 3 aromatic carbocycles. The van der Waals surface area contributed by atoms with E-state index in [0.717, 1.165) is 16.2 Å².